The Kier molecular flexibility index (Phi) is 3.88. The van der Waals surface area contributed by atoms with Crippen molar-refractivity contribution in [2.75, 3.05) is 19.5 Å². The summed E-state index contributed by atoms with van der Waals surface area (Å²) < 4.78 is 4.58. The molecule has 0 aliphatic heterocycles. The SMILES string of the molecule is COC(=O)c1cc(C=CCO)ccc1N. The molecule has 0 spiro atoms. The highest BCUT2D eigenvalue weighted by molar-refractivity contribution is 5.95. The Bertz CT molecular complexity index is 385. The van der Waals surface area contributed by atoms with Crippen LogP contribution in [-0.4, -0.2) is 24.8 Å². The molecule has 0 heterocycles. The van der Waals surface area contributed by atoms with Crippen molar-refractivity contribution < 1.29 is 14.6 Å². The summed E-state index contributed by atoms with van der Waals surface area (Å²) in [4.78, 5) is 11.3. The summed E-state index contributed by atoms with van der Waals surface area (Å²) in [6, 6.07) is 5.00. The predicted octanol–water partition coefficient (Wildman–Crippen LogP) is 1.06. The molecular weight excluding hydrogens is 194 g/mol. The van der Waals surface area contributed by atoms with Crippen LogP contribution in [0.2, 0.25) is 0 Å². The maximum atomic E-state index is 11.3. The lowest BCUT2D eigenvalue weighted by atomic mass is 10.1. The van der Waals surface area contributed by atoms with Gasteiger partial charge in [-0.05, 0) is 17.7 Å². The van der Waals surface area contributed by atoms with Gasteiger partial charge in [0.25, 0.3) is 0 Å². The number of anilines is 1. The Morgan fingerprint density at radius 1 is 1.60 bits per heavy atom. The van der Waals surface area contributed by atoms with Crippen LogP contribution in [0.1, 0.15) is 15.9 Å². The zero-order valence-corrected chi connectivity index (χ0v) is 8.43. The lowest BCUT2D eigenvalue weighted by molar-refractivity contribution is 0.0602. The van der Waals surface area contributed by atoms with Gasteiger partial charge in [-0.2, -0.15) is 0 Å². The van der Waals surface area contributed by atoms with Gasteiger partial charge in [-0.15, -0.1) is 0 Å². The number of nitrogen functional groups attached to an aromatic ring is 1. The molecule has 0 saturated heterocycles. The van der Waals surface area contributed by atoms with Gasteiger partial charge in [0.15, 0.2) is 0 Å². The predicted molar refractivity (Wildman–Crippen MR) is 58.3 cm³/mol. The standard InChI is InChI=1S/C11H13NO3/c1-15-11(14)9-7-8(3-2-6-13)4-5-10(9)12/h2-5,7,13H,6,12H2,1H3. The van der Waals surface area contributed by atoms with Crippen molar-refractivity contribution in [2.45, 2.75) is 0 Å². The van der Waals surface area contributed by atoms with Gasteiger partial charge in [0, 0.05) is 5.69 Å². The van der Waals surface area contributed by atoms with Gasteiger partial charge in [0.2, 0.25) is 0 Å². The summed E-state index contributed by atoms with van der Waals surface area (Å²) in [5, 5.41) is 8.60. The highest BCUT2D eigenvalue weighted by Gasteiger charge is 2.09. The molecule has 0 bridgehead atoms. The molecule has 80 valence electrons. The zero-order valence-electron chi connectivity index (χ0n) is 8.43. The van der Waals surface area contributed by atoms with E-state index in [0.29, 0.717) is 11.3 Å². The first-order valence-corrected chi connectivity index (χ1v) is 4.44. The lowest BCUT2D eigenvalue weighted by Gasteiger charge is -2.04. The molecule has 0 saturated carbocycles. The Balaban J connectivity index is 3.05. The topological polar surface area (TPSA) is 72.5 Å². The van der Waals surface area contributed by atoms with Crippen molar-refractivity contribution in [3.63, 3.8) is 0 Å². The van der Waals surface area contributed by atoms with E-state index in [0.717, 1.165) is 5.56 Å². The minimum absolute atomic E-state index is 0.0437. The molecule has 0 unspecified atom stereocenters. The first-order valence-electron chi connectivity index (χ1n) is 4.44. The molecule has 0 aromatic heterocycles. The molecular formula is C11H13NO3. The highest BCUT2D eigenvalue weighted by Crippen LogP contribution is 2.16. The second-order valence-electron chi connectivity index (χ2n) is 2.92. The third-order valence-electron chi connectivity index (χ3n) is 1.90. The number of benzene rings is 1. The number of aliphatic hydroxyl groups is 1. The normalized spacial score (nSPS) is 10.5. The van der Waals surface area contributed by atoms with E-state index in [2.05, 4.69) is 4.74 Å². The van der Waals surface area contributed by atoms with Crippen LogP contribution in [0.4, 0.5) is 5.69 Å². The maximum Gasteiger partial charge on any atom is 0.339 e. The van der Waals surface area contributed by atoms with Gasteiger partial charge in [-0.1, -0.05) is 18.2 Å². The van der Waals surface area contributed by atoms with Crippen LogP contribution in [-0.2, 0) is 4.74 Å². The first kappa shape index (κ1) is 11.3. The summed E-state index contributed by atoms with van der Waals surface area (Å²) in [5.74, 6) is -0.466. The second-order valence-corrected chi connectivity index (χ2v) is 2.92. The summed E-state index contributed by atoms with van der Waals surface area (Å²) in [5.41, 5.74) is 7.12. The van der Waals surface area contributed by atoms with Gasteiger partial charge in [-0.3, -0.25) is 0 Å². The van der Waals surface area contributed by atoms with E-state index in [1.54, 1.807) is 30.4 Å². The van der Waals surface area contributed by atoms with E-state index in [1.165, 1.54) is 7.11 Å². The van der Waals surface area contributed by atoms with Crippen LogP contribution in [0.25, 0.3) is 6.08 Å². The Morgan fingerprint density at radius 2 is 2.33 bits per heavy atom. The molecule has 0 amide bonds. The average Bonchev–Trinajstić information content (AvgIpc) is 2.27. The molecule has 0 atom stereocenters. The van der Waals surface area contributed by atoms with Crippen molar-refractivity contribution in [2.24, 2.45) is 0 Å². The number of methoxy groups -OCH3 is 1. The molecule has 4 heteroatoms. The smallest absolute Gasteiger partial charge is 0.339 e. The summed E-state index contributed by atoms with van der Waals surface area (Å²) in [6.07, 6.45) is 3.28. The molecule has 3 N–H and O–H groups in total. The molecule has 4 nitrogen and oxygen atoms in total. The van der Waals surface area contributed by atoms with Crippen LogP contribution >= 0.6 is 0 Å². The van der Waals surface area contributed by atoms with E-state index < -0.39 is 5.97 Å². The number of hydrogen-bond donors (Lipinski definition) is 2. The average molecular weight is 207 g/mol. The van der Waals surface area contributed by atoms with Gasteiger partial charge in [-0.25, -0.2) is 4.79 Å². The number of carbonyl (C=O) groups is 1. The Labute approximate surface area is 88.0 Å². The van der Waals surface area contributed by atoms with E-state index in [4.69, 9.17) is 10.8 Å². The molecule has 0 radical (unpaired) electrons. The maximum absolute atomic E-state index is 11.3. The minimum Gasteiger partial charge on any atom is -0.465 e. The van der Waals surface area contributed by atoms with Crippen LogP contribution in [0, 0.1) is 0 Å². The van der Waals surface area contributed by atoms with Gasteiger partial charge in [0.1, 0.15) is 0 Å². The van der Waals surface area contributed by atoms with E-state index in [9.17, 15) is 4.79 Å². The molecule has 0 aliphatic rings. The van der Waals surface area contributed by atoms with Gasteiger partial charge in [0.05, 0.1) is 19.3 Å². The van der Waals surface area contributed by atoms with E-state index in [-0.39, 0.29) is 6.61 Å². The van der Waals surface area contributed by atoms with E-state index >= 15 is 0 Å². The number of rotatable bonds is 3. The van der Waals surface area contributed by atoms with E-state index in [1.807, 2.05) is 0 Å². The Hall–Kier alpha value is -1.81. The third-order valence-corrected chi connectivity index (χ3v) is 1.90. The van der Waals surface area contributed by atoms with Crippen molar-refractivity contribution in [3.8, 4) is 0 Å². The molecule has 15 heavy (non-hydrogen) atoms. The van der Waals surface area contributed by atoms with Crippen molar-refractivity contribution in [1.82, 2.24) is 0 Å². The number of aliphatic hydroxyl groups excluding tert-OH is 1. The molecule has 0 aliphatic carbocycles. The molecule has 1 aromatic rings. The van der Waals surface area contributed by atoms with Crippen molar-refractivity contribution >= 4 is 17.7 Å². The van der Waals surface area contributed by atoms with Crippen molar-refractivity contribution in [3.05, 3.63) is 35.4 Å². The fourth-order valence-electron chi connectivity index (χ4n) is 1.15. The summed E-state index contributed by atoms with van der Waals surface area (Å²) in [7, 11) is 1.30. The number of carbonyl (C=O) groups excluding carboxylic acids is 1. The van der Waals surface area contributed by atoms with Crippen LogP contribution < -0.4 is 5.73 Å². The zero-order chi connectivity index (χ0) is 11.3. The first-order chi connectivity index (χ1) is 7.19. The third kappa shape index (κ3) is 2.82. The monoisotopic (exact) mass is 207 g/mol. The summed E-state index contributed by atoms with van der Waals surface area (Å²) in [6.45, 7) is -0.0437. The van der Waals surface area contributed by atoms with Crippen molar-refractivity contribution in [1.29, 1.82) is 0 Å². The number of hydrogen-bond acceptors (Lipinski definition) is 4. The fourth-order valence-corrected chi connectivity index (χ4v) is 1.15. The number of nitrogens with two attached hydrogens (primary N) is 1. The van der Waals surface area contributed by atoms with Gasteiger partial charge < -0.3 is 15.6 Å². The molecule has 0 fully saturated rings. The van der Waals surface area contributed by atoms with Crippen LogP contribution in [0.3, 0.4) is 0 Å². The molecule has 1 rings (SSSR count). The van der Waals surface area contributed by atoms with Crippen LogP contribution in [0.15, 0.2) is 24.3 Å². The van der Waals surface area contributed by atoms with Gasteiger partial charge >= 0.3 is 5.97 Å². The largest absolute Gasteiger partial charge is 0.465 e. The molecule has 1 aromatic carbocycles. The lowest BCUT2D eigenvalue weighted by Crippen LogP contribution is -2.05. The number of esters is 1. The highest BCUT2D eigenvalue weighted by atomic mass is 16.5. The Morgan fingerprint density at radius 3 is 2.93 bits per heavy atom. The fraction of sp³-hybridized carbons (Fsp3) is 0.182. The number of ether oxygens (including phenoxy) is 1. The second kappa shape index (κ2) is 5.17. The quantitative estimate of drug-likeness (QED) is 0.574. The minimum atomic E-state index is -0.466. The summed E-state index contributed by atoms with van der Waals surface area (Å²) >= 11 is 0. The van der Waals surface area contributed by atoms with Crippen LogP contribution in [0.5, 0.6) is 0 Å².